The van der Waals surface area contributed by atoms with Gasteiger partial charge in [0.25, 0.3) is 5.91 Å². The molecule has 2 heterocycles. The third kappa shape index (κ3) is 5.90. The molecule has 1 amide bonds. The molecule has 0 aliphatic carbocycles. The predicted molar refractivity (Wildman–Crippen MR) is 137 cm³/mol. The molecule has 0 radical (unpaired) electrons. The SMILES string of the molecule is CC(C)CN(C(=O)c1cccc(S(=O)(=O)N2CCN(c3ccc(F)cc3)CC2)c1)[C@@H]1CCS(=O)(=O)C1. The number of amides is 1. The molecule has 196 valence electrons. The van der Waals surface area contributed by atoms with Crippen LogP contribution < -0.4 is 4.90 Å². The fraction of sp³-hybridized carbons (Fsp3) is 0.480. The Labute approximate surface area is 212 Å². The van der Waals surface area contributed by atoms with Gasteiger partial charge in [0, 0.05) is 50.0 Å². The number of anilines is 1. The zero-order chi connectivity index (χ0) is 26.1. The van der Waals surface area contributed by atoms with Crippen LogP contribution in [0, 0.1) is 11.7 Å². The molecule has 2 aromatic carbocycles. The number of hydrogen-bond acceptors (Lipinski definition) is 6. The number of piperazine rings is 1. The molecule has 2 aromatic rings. The molecule has 0 bridgehead atoms. The second-order valence-corrected chi connectivity index (χ2v) is 14.0. The summed E-state index contributed by atoms with van der Waals surface area (Å²) >= 11 is 0. The number of nitrogens with zero attached hydrogens (tertiary/aromatic N) is 3. The maximum absolute atomic E-state index is 13.4. The Bertz CT molecular complexity index is 1310. The lowest BCUT2D eigenvalue weighted by atomic mass is 10.1. The number of halogens is 1. The van der Waals surface area contributed by atoms with Gasteiger partial charge in [-0.1, -0.05) is 19.9 Å². The summed E-state index contributed by atoms with van der Waals surface area (Å²) in [6.07, 6.45) is 0.386. The molecule has 36 heavy (non-hydrogen) atoms. The van der Waals surface area contributed by atoms with E-state index in [1.165, 1.54) is 28.6 Å². The van der Waals surface area contributed by atoms with E-state index in [1.54, 1.807) is 29.2 Å². The first-order chi connectivity index (χ1) is 17.0. The van der Waals surface area contributed by atoms with Crippen LogP contribution in [-0.4, -0.2) is 82.2 Å². The summed E-state index contributed by atoms with van der Waals surface area (Å²) in [5.74, 6) is -0.568. The molecule has 1 atom stereocenters. The Balaban J connectivity index is 1.50. The van der Waals surface area contributed by atoms with E-state index in [0.29, 0.717) is 26.1 Å². The van der Waals surface area contributed by atoms with Crippen LogP contribution in [0.25, 0.3) is 0 Å². The maximum atomic E-state index is 13.4. The van der Waals surface area contributed by atoms with E-state index in [1.807, 2.05) is 18.7 Å². The van der Waals surface area contributed by atoms with Crippen LogP contribution in [0.3, 0.4) is 0 Å². The minimum Gasteiger partial charge on any atom is -0.369 e. The highest BCUT2D eigenvalue weighted by Crippen LogP contribution is 2.25. The van der Waals surface area contributed by atoms with Crippen molar-refractivity contribution in [2.24, 2.45) is 5.92 Å². The van der Waals surface area contributed by atoms with Gasteiger partial charge in [0.15, 0.2) is 9.84 Å². The molecule has 2 aliphatic heterocycles. The molecule has 0 N–H and O–H groups in total. The molecule has 0 spiro atoms. The lowest BCUT2D eigenvalue weighted by molar-refractivity contribution is 0.0672. The van der Waals surface area contributed by atoms with Gasteiger partial charge < -0.3 is 9.80 Å². The van der Waals surface area contributed by atoms with Gasteiger partial charge in [-0.25, -0.2) is 21.2 Å². The standard InChI is InChI=1S/C25H32FN3O5S2/c1-19(2)17-29(23-10-15-35(31,32)18-23)25(30)20-4-3-5-24(16-20)36(33,34)28-13-11-27(12-14-28)22-8-6-21(26)7-9-22/h3-9,16,19,23H,10-15,17-18H2,1-2H3/t23-/m1/s1. The number of hydrogen-bond donors (Lipinski definition) is 0. The number of rotatable bonds is 7. The summed E-state index contributed by atoms with van der Waals surface area (Å²) in [6.45, 7) is 5.74. The summed E-state index contributed by atoms with van der Waals surface area (Å²) in [5.41, 5.74) is 1.06. The van der Waals surface area contributed by atoms with Crippen LogP contribution in [0.2, 0.25) is 0 Å². The van der Waals surface area contributed by atoms with Crippen molar-refractivity contribution < 1.29 is 26.0 Å². The molecule has 0 aromatic heterocycles. The van der Waals surface area contributed by atoms with Crippen LogP contribution in [0.4, 0.5) is 10.1 Å². The molecule has 2 aliphatic rings. The Kier molecular flexibility index (Phi) is 7.72. The second kappa shape index (κ2) is 10.5. The van der Waals surface area contributed by atoms with Crippen molar-refractivity contribution in [3.8, 4) is 0 Å². The molecule has 2 fully saturated rings. The van der Waals surface area contributed by atoms with Gasteiger partial charge in [-0.05, 0) is 54.8 Å². The lowest BCUT2D eigenvalue weighted by Gasteiger charge is -2.35. The molecular weight excluding hydrogens is 505 g/mol. The van der Waals surface area contributed by atoms with E-state index in [2.05, 4.69) is 0 Å². The quantitative estimate of drug-likeness (QED) is 0.539. The highest BCUT2D eigenvalue weighted by molar-refractivity contribution is 7.91. The number of carbonyl (C=O) groups excluding carboxylic acids is 1. The van der Waals surface area contributed by atoms with Crippen molar-refractivity contribution >= 4 is 31.5 Å². The van der Waals surface area contributed by atoms with Gasteiger partial charge in [0.05, 0.1) is 16.4 Å². The average molecular weight is 538 g/mol. The van der Waals surface area contributed by atoms with E-state index in [-0.39, 0.29) is 52.7 Å². The number of sulfonamides is 1. The average Bonchev–Trinajstić information content (AvgIpc) is 3.22. The predicted octanol–water partition coefficient (Wildman–Crippen LogP) is 2.62. The van der Waals surface area contributed by atoms with Crippen molar-refractivity contribution in [2.75, 3.05) is 49.1 Å². The zero-order valence-electron chi connectivity index (χ0n) is 20.5. The van der Waals surface area contributed by atoms with Crippen molar-refractivity contribution in [3.63, 3.8) is 0 Å². The molecule has 4 rings (SSSR count). The molecule has 0 saturated carbocycles. The third-order valence-corrected chi connectivity index (χ3v) is 10.3. The minimum atomic E-state index is -3.84. The van der Waals surface area contributed by atoms with Crippen molar-refractivity contribution in [1.29, 1.82) is 0 Å². The van der Waals surface area contributed by atoms with Crippen LogP contribution in [-0.2, 0) is 19.9 Å². The Morgan fingerprint density at radius 3 is 2.33 bits per heavy atom. The van der Waals surface area contributed by atoms with E-state index in [0.717, 1.165) is 5.69 Å². The van der Waals surface area contributed by atoms with Gasteiger partial charge in [-0.2, -0.15) is 4.31 Å². The molecule has 0 unspecified atom stereocenters. The Morgan fingerprint density at radius 2 is 1.75 bits per heavy atom. The van der Waals surface area contributed by atoms with E-state index in [9.17, 15) is 26.0 Å². The Hall–Kier alpha value is -2.50. The molecule has 8 nitrogen and oxygen atoms in total. The van der Waals surface area contributed by atoms with Crippen LogP contribution in [0.5, 0.6) is 0 Å². The Morgan fingerprint density at radius 1 is 1.08 bits per heavy atom. The minimum absolute atomic E-state index is 0.0344. The first-order valence-electron chi connectivity index (χ1n) is 12.1. The van der Waals surface area contributed by atoms with Crippen LogP contribution in [0.15, 0.2) is 53.4 Å². The molecule has 11 heteroatoms. The maximum Gasteiger partial charge on any atom is 0.254 e. The molecular formula is C25H32FN3O5S2. The van der Waals surface area contributed by atoms with Crippen LogP contribution in [0.1, 0.15) is 30.6 Å². The van der Waals surface area contributed by atoms with Gasteiger partial charge in [0.2, 0.25) is 10.0 Å². The number of benzene rings is 2. The summed E-state index contributed by atoms with van der Waals surface area (Å²) in [4.78, 5) is 17.1. The highest BCUT2D eigenvalue weighted by Gasteiger charge is 2.36. The van der Waals surface area contributed by atoms with Gasteiger partial charge in [0.1, 0.15) is 5.82 Å². The van der Waals surface area contributed by atoms with Crippen molar-refractivity contribution in [3.05, 3.63) is 59.9 Å². The second-order valence-electron chi connectivity index (χ2n) is 9.80. The van der Waals surface area contributed by atoms with Gasteiger partial charge in [-0.3, -0.25) is 4.79 Å². The summed E-state index contributed by atoms with van der Waals surface area (Å²) in [7, 11) is -7.02. The first-order valence-corrected chi connectivity index (χ1v) is 15.3. The van der Waals surface area contributed by atoms with Crippen molar-refractivity contribution in [1.82, 2.24) is 9.21 Å². The largest absolute Gasteiger partial charge is 0.369 e. The number of carbonyl (C=O) groups is 1. The zero-order valence-corrected chi connectivity index (χ0v) is 22.1. The smallest absolute Gasteiger partial charge is 0.254 e. The normalized spacial score (nSPS) is 20.6. The lowest BCUT2D eigenvalue weighted by Crippen LogP contribution is -2.48. The first kappa shape index (κ1) is 26.6. The third-order valence-electron chi connectivity index (χ3n) is 6.62. The van der Waals surface area contributed by atoms with Gasteiger partial charge in [-0.15, -0.1) is 0 Å². The van der Waals surface area contributed by atoms with E-state index < -0.39 is 25.9 Å². The van der Waals surface area contributed by atoms with Gasteiger partial charge >= 0.3 is 0 Å². The fourth-order valence-corrected chi connectivity index (χ4v) is 7.95. The van der Waals surface area contributed by atoms with Crippen LogP contribution >= 0.6 is 0 Å². The highest BCUT2D eigenvalue weighted by atomic mass is 32.2. The van der Waals surface area contributed by atoms with E-state index in [4.69, 9.17) is 0 Å². The summed E-state index contributed by atoms with van der Waals surface area (Å²) < 4.78 is 65.5. The monoisotopic (exact) mass is 537 g/mol. The van der Waals surface area contributed by atoms with Crippen molar-refractivity contribution in [2.45, 2.75) is 31.2 Å². The fourth-order valence-electron chi connectivity index (χ4n) is 4.76. The summed E-state index contributed by atoms with van der Waals surface area (Å²) in [6, 6.07) is 11.7. The summed E-state index contributed by atoms with van der Waals surface area (Å²) in [5, 5.41) is 0. The topological polar surface area (TPSA) is 95.1 Å². The van der Waals surface area contributed by atoms with E-state index >= 15 is 0 Å². The molecule has 2 saturated heterocycles. The number of sulfone groups is 1.